The average molecular weight is 117 g/mol. The Bertz CT molecular complexity index is 131. The van der Waals surface area contributed by atoms with Gasteiger partial charge in [-0.25, -0.2) is 4.79 Å². The molecule has 0 aromatic heterocycles. The molecule has 7 heavy (non-hydrogen) atoms. The van der Waals surface area contributed by atoms with Crippen LogP contribution < -0.4 is 5.32 Å². The maximum Gasteiger partial charge on any atom is 0.343 e. The van der Waals surface area contributed by atoms with Crippen LogP contribution in [0.15, 0.2) is 4.99 Å². The second-order valence-electron chi connectivity index (χ2n) is 0.958. The fraction of sp³-hybridized carbons (Fsp3) is 0. The van der Waals surface area contributed by atoms with Gasteiger partial charge in [0.05, 0.1) is 0 Å². The van der Waals surface area contributed by atoms with E-state index in [1.807, 2.05) is 0 Å². The minimum atomic E-state index is -0.454. The number of nitrogens with zero attached hydrogens (tertiary/aromatic N) is 1. The van der Waals surface area contributed by atoms with Crippen molar-refractivity contribution in [3.8, 4) is 0 Å². The normalized spacial score (nSPS) is 19.0. The van der Waals surface area contributed by atoms with E-state index in [0.29, 0.717) is 0 Å². The van der Waals surface area contributed by atoms with E-state index in [0.717, 1.165) is 0 Å². The van der Waals surface area contributed by atoms with Gasteiger partial charge in [-0.3, -0.25) is 0 Å². The summed E-state index contributed by atoms with van der Waals surface area (Å²) in [6.45, 7) is 2.29. The van der Waals surface area contributed by atoms with Gasteiger partial charge in [-0.15, -0.1) is 0 Å². The van der Waals surface area contributed by atoms with E-state index in [-0.39, 0.29) is 5.17 Å². The average Bonchev–Trinajstić information content (AvgIpc) is 1.87. The Morgan fingerprint density at radius 1 is 1.86 bits per heavy atom. The molecule has 0 fully saturated rings. The van der Waals surface area contributed by atoms with Crippen LogP contribution in [0.2, 0.25) is 0 Å². The lowest BCUT2D eigenvalue weighted by molar-refractivity contribution is 0.253. The number of hydrogen-bond acceptors (Lipinski definition) is 1. The van der Waals surface area contributed by atoms with E-state index < -0.39 is 6.03 Å². The second-order valence-corrected chi connectivity index (χ2v) is 1.32. The summed E-state index contributed by atoms with van der Waals surface area (Å²) in [5.74, 6) is 0. The molecule has 0 unspecified atom stereocenters. The fourth-order valence-electron chi connectivity index (χ4n) is 0.250. The molecule has 1 N–H and O–H groups in total. The summed E-state index contributed by atoms with van der Waals surface area (Å²) >= 11 is 5.16. The lowest BCUT2D eigenvalue weighted by Gasteiger charge is -1.76. The summed E-state index contributed by atoms with van der Waals surface area (Å²) in [4.78, 5) is 13.2. The Morgan fingerprint density at radius 3 is 2.71 bits per heavy atom. The van der Waals surface area contributed by atoms with Crippen LogP contribution in [0.4, 0.5) is 4.79 Å². The Hall–Kier alpha value is -0.570. The first kappa shape index (κ1) is 4.59. The molecule has 1 heterocycles. The maximum absolute atomic E-state index is 10.0. The number of amides is 2. The van der Waals surface area contributed by atoms with Crippen LogP contribution in [0.25, 0.3) is 0 Å². The highest BCUT2D eigenvalue weighted by Gasteiger charge is 2.09. The third-order valence-electron chi connectivity index (χ3n) is 0.472. The zero-order valence-electron chi connectivity index (χ0n) is 3.23. The molecule has 3 nitrogen and oxygen atoms in total. The monoisotopic (exact) mass is 116 g/mol. The van der Waals surface area contributed by atoms with Gasteiger partial charge in [-0.05, 0) is 0 Å². The first-order valence-electron chi connectivity index (χ1n) is 1.59. The van der Waals surface area contributed by atoms with Crippen molar-refractivity contribution < 1.29 is 4.79 Å². The van der Waals surface area contributed by atoms with Crippen molar-refractivity contribution in [2.24, 2.45) is 4.99 Å². The Labute approximate surface area is 45.4 Å². The van der Waals surface area contributed by atoms with E-state index in [9.17, 15) is 4.79 Å². The van der Waals surface area contributed by atoms with Crippen molar-refractivity contribution in [3.63, 3.8) is 0 Å². The summed E-state index contributed by atoms with van der Waals surface area (Å²) < 4.78 is 0. The molecule has 0 saturated carbocycles. The standard InChI is InChI=1S/C3HClN2O/c4-2-1-5-3(7)6-2/h(H,5,7). The first-order chi connectivity index (χ1) is 3.29. The SMILES string of the molecule is O=C1N=C(Cl)[C]N1. The van der Waals surface area contributed by atoms with Gasteiger partial charge in [0.2, 0.25) is 0 Å². The number of rotatable bonds is 0. The largest absolute Gasteiger partial charge is 0.343 e. The zero-order valence-corrected chi connectivity index (χ0v) is 3.99. The van der Waals surface area contributed by atoms with Crippen LogP contribution >= 0.6 is 11.6 Å². The number of hydrogen-bond donors (Lipinski definition) is 1. The maximum atomic E-state index is 10.0. The highest BCUT2D eigenvalue weighted by Crippen LogP contribution is 1.96. The predicted molar refractivity (Wildman–Crippen MR) is 25.1 cm³/mol. The molecule has 0 aromatic carbocycles. The van der Waals surface area contributed by atoms with Crippen LogP contribution in [0.1, 0.15) is 0 Å². The summed E-state index contributed by atoms with van der Waals surface area (Å²) in [6, 6.07) is -0.454. The molecule has 0 bridgehead atoms. The number of urea groups is 1. The Morgan fingerprint density at radius 2 is 2.57 bits per heavy atom. The van der Waals surface area contributed by atoms with Gasteiger partial charge < -0.3 is 5.32 Å². The van der Waals surface area contributed by atoms with Crippen LogP contribution in [0, 0.1) is 6.54 Å². The van der Waals surface area contributed by atoms with Crippen molar-refractivity contribution >= 4 is 22.8 Å². The van der Waals surface area contributed by atoms with Gasteiger partial charge in [0.15, 0.2) is 6.54 Å². The number of nitrogens with one attached hydrogen (secondary N) is 1. The van der Waals surface area contributed by atoms with E-state index in [4.69, 9.17) is 11.6 Å². The number of carbonyl (C=O) groups excluding carboxylic acids is 1. The lowest BCUT2D eigenvalue weighted by atomic mass is 10.7. The number of halogens is 1. The highest BCUT2D eigenvalue weighted by atomic mass is 35.5. The van der Waals surface area contributed by atoms with Crippen molar-refractivity contribution in [2.45, 2.75) is 0 Å². The molecule has 2 radical (unpaired) electrons. The molecule has 1 rings (SSSR count). The summed E-state index contributed by atoms with van der Waals surface area (Å²) in [5.41, 5.74) is 0. The summed E-state index contributed by atoms with van der Waals surface area (Å²) in [6.07, 6.45) is 0. The molecule has 4 heteroatoms. The minimum Gasteiger partial charge on any atom is -0.319 e. The summed E-state index contributed by atoms with van der Waals surface area (Å²) in [5, 5.41) is 2.23. The van der Waals surface area contributed by atoms with Crippen molar-refractivity contribution in [2.75, 3.05) is 0 Å². The molecule has 1 aliphatic heterocycles. The Kier molecular flexibility index (Phi) is 0.982. The quantitative estimate of drug-likeness (QED) is 0.489. The van der Waals surface area contributed by atoms with Gasteiger partial charge in [-0.1, -0.05) is 11.6 Å². The van der Waals surface area contributed by atoms with Gasteiger partial charge in [0.25, 0.3) is 0 Å². The second kappa shape index (κ2) is 1.50. The van der Waals surface area contributed by atoms with Crippen LogP contribution in [0.5, 0.6) is 0 Å². The third-order valence-corrected chi connectivity index (χ3v) is 0.651. The van der Waals surface area contributed by atoms with Crippen molar-refractivity contribution in [1.82, 2.24) is 5.32 Å². The minimum absolute atomic E-state index is 0.0880. The lowest BCUT2D eigenvalue weighted by Crippen LogP contribution is -2.08. The van der Waals surface area contributed by atoms with Gasteiger partial charge in [-0.2, -0.15) is 4.99 Å². The van der Waals surface area contributed by atoms with E-state index >= 15 is 0 Å². The molecule has 2 amide bonds. The topological polar surface area (TPSA) is 41.5 Å². The Balaban J connectivity index is 2.67. The first-order valence-corrected chi connectivity index (χ1v) is 1.97. The molecule has 0 aliphatic carbocycles. The molecule has 36 valence electrons. The highest BCUT2D eigenvalue weighted by molar-refractivity contribution is 6.69. The van der Waals surface area contributed by atoms with Gasteiger partial charge in [0, 0.05) is 0 Å². The van der Waals surface area contributed by atoms with E-state index in [2.05, 4.69) is 16.9 Å². The summed E-state index contributed by atoms with van der Waals surface area (Å²) in [7, 11) is 0. The van der Waals surface area contributed by atoms with Crippen LogP contribution in [-0.2, 0) is 0 Å². The van der Waals surface area contributed by atoms with Gasteiger partial charge >= 0.3 is 6.03 Å². The molecule has 0 saturated heterocycles. The van der Waals surface area contributed by atoms with Gasteiger partial charge in [0.1, 0.15) is 5.17 Å². The van der Waals surface area contributed by atoms with Crippen molar-refractivity contribution in [1.29, 1.82) is 0 Å². The zero-order chi connectivity index (χ0) is 5.28. The smallest absolute Gasteiger partial charge is 0.319 e. The molecule has 0 atom stereocenters. The molecular formula is C3HClN2O. The third kappa shape index (κ3) is 0.899. The molecule has 0 spiro atoms. The molecule has 0 aromatic rings. The molecule has 1 aliphatic rings. The number of carbonyl (C=O) groups is 1. The van der Waals surface area contributed by atoms with E-state index in [1.54, 1.807) is 0 Å². The fourth-order valence-corrected chi connectivity index (χ4v) is 0.374. The van der Waals surface area contributed by atoms with Crippen LogP contribution in [-0.4, -0.2) is 11.2 Å². The predicted octanol–water partition coefficient (Wildman–Crippen LogP) is 0.386. The van der Waals surface area contributed by atoms with E-state index in [1.165, 1.54) is 0 Å². The van der Waals surface area contributed by atoms with Crippen molar-refractivity contribution in [3.05, 3.63) is 6.54 Å². The van der Waals surface area contributed by atoms with Crippen LogP contribution in [0.3, 0.4) is 0 Å². The molecular weight excluding hydrogens is 115 g/mol. The number of aliphatic imine (C=N–C) groups is 1.